The van der Waals surface area contributed by atoms with E-state index in [4.69, 9.17) is 4.74 Å². The molecule has 2 heterocycles. The number of likely N-dealkylation sites (tertiary alicyclic amines) is 1. The van der Waals surface area contributed by atoms with E-state index in [9.17, 15) is 14.7 Å². The lowest BCUT2D eigenvalue weighted by Crippen LogP contribution is -2.48. The Balaban J connectivity index is 1.33. The number of aromatic nitrogens is 1. The topological polar surface area (TPSA) is 91.8 Å². The monoisotopic (exact) mass is 471 g/mol. The van der Waals surface area contributed by atoms with Gasteiger partial charge in [0.1, 0.15) is 6.04 Å². The van der Waals surface area contributed by atoms with Crippen molar-refractivity contribution in [3.05, 3.63) is 41.0 Å². The summed E-state index contributed by atoms with van der Waals surface area (Å²) in [4.78, 5) is 33.2. The molecule has 4 rings (SSSR count). The molecule has 0 spiro atoms. The number of carbonyl (C=O) groups excluding carboxylic acids is 2. The highest BCUT2D eigenvalue weighted by Gasteiger charge is 2.41. The van der Waals surface area contributed by atoms with Crippen molar-refractivity contribution in [2.45, 2.75) is 70.7 Å². The van der Waals surface area contributed by atoms with Gasteiger partial charge in [0.2, 0.25) is 11.8 Å². The van der Waals surface area contributed by atoms with Gasteiger partial charge in [-0.15, -0.1) is 11.3 Å². The van der Waals surface area contributed by atoms with Gasteiger partial charge in [-0.2, -0.15) is 0 Å². The Bertz CT molecular complexity index is 953. The minimum absolute atomic E-state index is 0.00840. The van der Waals surface area contributed by atoms with E-state index < -0.39 is 12.1 Å². The van der Waals surface area contributed by atoms with E-state index in [0.29, 0.717) is 13.2 Å². The summed E-state index contributed by atoms with van der Waals surface area (Å²) in [6, 6.07) is 7.46. The summed E-state index contributed by atoms with van der Waals surface area (Å²) in [6.07, 6.45) is 3.14. The van der Waals surface area contributed by atoms with Gasteiger partial charge >= 0.3 is 0 Å². The molecule has 2 aromatic rings. The molecule has 1 saturated heterocycles. The normalized spacial score (nSPS) is 25.2. The van der Waals surface area contributed by atoms with Crippen molar-refractivity contribution in [2.24, 2.45) is 5.92 Å². The van der Waals surface area contributed by atoms with Crippen LogP contribution in [0.4, 0.5) is 0 Å². The zero-order chi connectivity index (χ0) is 23.4. The predicted octanol–water partition coefficient (Wildman–Crippen LogP) is 3.29. The predicted molar refractivity (Wildman–Crippen MR) is 128 cm³/mol. The van der Waals surface area contributed by atoms with Crippen LogP contribution in [0.5, 0.6) is 0 Å². The van der Waals surface area contributed by atoms with E-state index in [-0.39, 0.29) is 36.8 Å². The van der Waals surface area contributed by atoms with Gasteiger partial charge < -0.3 is 20.1 Å². The number of thiazole rings is 1. The third-order valence-corrected chi connectivity index (χ3v) is 7.70. The third kappa shape index (κ3) is 5.62. The summed E-state index contributed by atoms with van der Waals surface area (Å²) in [5.74, 6) is -0.304. The molecule has 2 N–H and O–H groups in total. The standard InChI is InChI=1S/C25H33N3O4S/c1-3-32-21-10-8-19(9-11-21)25(31)28-14-20(29)12-22(28)24(30)26-13-17-4-6-18(7-5-17)23-16(2)27-15-33-23/h4-7,15,19-22,29H,3,8-14H2,1-2H3,(H,26,30)/t19-,20-,21-,22+/m1/s1. The zero-order valence-electron chi connectivity index (χ0n) is 19.3. The van der Waals surface area contributed by atoms with Crippen LogP contribution in [-0.4, -0.2) is 58.2 Å². The number of aliphatic hydroxyl groups excluding tert-OH is 1. The van der Waals surface area contributed by atoms with Gasteiger partial charge in [0.15, 0.2) is 0 Å². The van der Waals surface area contributed by atoms with Crippen molar-refractivity contribution in [1.29, 1.82) is 0 Å². The van der Waals surface area contributed by atoms with Crippen LogP contribution in [-0.2, 0) is 20.9 Å². The van der Waals surface area contributed by atoms with Gasteiger partial charge in [0, 0.05) is 32.0 Å². The number of aryl methyl sites for hydroxylation is 1. The van der Waals surface area contributed by atoms with Gasteiger partial charge in [-0.1, -0.05) is 24.3 Å². The van der Waals surface area contributed by atoms with Gasteiger partial charge in [-0.25, -0.2) is 4.98 Å². The Morgan fingerprint density at radius 1 is 1.21 bits per heavy atom. The van der Waals surface area contributed by atoms with E-state index >= 15 is 0 Å². The average Bonchev–Trinajstić information content (AvgIpc) is 3.43. The Kier molecular flexibility index (Phi) is 7.78. The van der Waals surface area contributed by atoms with E-state index in [1.807, 2.05) is 43.6 Å². The largest absolute Gasteiger partial charge is 0.391 e. The van der Waals surface area contributed by atoms with E-state index in [2.05, 4.69) is 10.3 Å². The quantitative estimate of drug-likeness (QED) is 0.647. The fourth-order valence-corrected chi connectivity index (χ4v) is 5.72. The molecular formula is C25H33N3O4S. The number of nitrogens with one attached hydrogen (secondary N) is 1. The number of amides is 2. The Morgan fingerprint density at radius 2 is 1.94 bits per heavy atom. The molecule has 1 aromatic heterocycles. The molecule has 1 saturated carbocycles. The molecule has 0 unspecified atom stereocenters. The fourth-order valence-electron chi connectivity index (χ4n) is 4.91. The number of rotatable bonds is 7. The molecule has 2 amide bonds. The van der Waals surface area contributed by atoms with Crippen molar-refractivity contribution < 1.29 is 19.4 Å². The Morgan fingerprint density at radius 3 is 2.58 bits per heavy atom. The van der Waals surface area contributed by atoms with Crippen LogP contribution in [0.1, 0.15) is 50.3 Å². The number of carbonyl (C=O) groups is 2. The fraction of sp³-hybridized carbons (Fsp3) is 0.560. The molecule has 1 aliphatic carbocycles. The van der Waals surface area contributed by atoms with Crippen molar-refractivity contribution in [3.63, 3.8) is 0 Å². The molecule has 0 radical (unpaired) electrons. The summed E-state index contributed by atoms with van der Waals surface area (Å²) < 4.78 is 5.69. The van der Waals surface area contributed by atoms with Crippen LogP contribution < -0.4 is 5.32 Å². The Hall–Kier alpha value is -2.29. The summed E-state index contributed by atoms with van der Waals surface area (Å²) >= 11 is 1.61. The summed E-state index contributed by atoms with van der Waals surface area (Å²) in [6.45, 7) is 5.29. The molecule has 0 bridgehead atoms. The smallest absolute Gasteiger partial charge is 0.243 e. The van der Waals surface area contributed by atoms with Gasteiger partial charge in [0.05, 0.1) is 28.3 Å². The van der Waals surface area contributed by atoms with Crippen LogP contribution in [0.2, 0.25) is 0 Å². The number of hydrogen-bond donors (Lipinski definition) is 2. The van der Waals surface area contributed by atoms with Crippen molar-refractivity contribution >= 4 is 23.2 Å². The van der Waals surface area contributed by atoms with Crippen LogP contribution >= 0.6 is 11.3 Å². The molecule has 1 aliphatic heterocycles. The van der Waals surface area contributed by atoms with Gasteiger partial charge in [-0.05, 0) is 50.7 Å². The second kappa shape index (κ2) is 10.8. The maximum atomic E-state index is 13.2. The van der Waals surface area contributed by atoms with Crippen LogP contribution in [0, 0.1) is 12.8 Å². The first kappa shape index (κ1) is 23.9. The first-order chi connectivity index (χ1) is 16.0. The lowest BCUT2D eigenvalue weighted by Gasteiger charge is -2.32. The molecule has 2 aliphatic rings. The second-order valence-corrected chi connectivity index (χ2v) is 9.86. The Labute approximate surface area is 199 Å². The van der Waals surface area contributed by atoms with Crippen LogP contribution in [0.25, 0.3) is 10.4 Å². The molecule has 2 atom stereocenters. The number of benzene rings is 1. The summed E-state index contributed by atoms with van der Waals surface area (Å²) in [5, 5.41) is 13.2. The summed E-state index contributed by atoms with van der Waals surface area (Å²) in [7, 11) is 0. The summed E-state index contributed by atoms with van der Waals surface area (Å²) in [5.41, 5.74) is 4.95. The molecule has 33 heavy (non-hydrogen) atoms. The maximum Gasteiger partial charge on any atom is 0.243 e. The number of hydrogen-bond acceptors (Lipinski definition) is 6. The maximum absolute atomic E-state index is 13.2. The number of nitrogens with zero attached hydrogens (tertiary/aromatic N) is 2. The highest BCUT2D eigenvalue weighted by atomic mass is 32.1. The average molecular weight is 472 g/mol. The molecule has 178 valence electrons. The van der Waals surface area contributed by atoms with Crippen molar-refractivity contribution in [3.8, 4) is 10.4 Å². The van der Waals surface area contributed by atoms with E-state index in [0.717, 1.165) is 47.4 Å². The van der Waals surface area contributed by atoms with Crippen molar-refractivity contribution in [1.82, 2.24) is 15.2 Å². The third-order valence-electron chi connectivity index (χ3n) is 6.72. The molecule has 2 fully saturated rings. The second-order valence-electron chi connectivity index (χ2n) is 9.01. The molecule has 1 aromatic carbocycles. The van der Waals surface area contributed by atoms with Gasteiger partial charge in [0.25, 0.3) is 0 Å². The molecular weight excluding hydrogens is 438 g/mol. The minimum atomic E-state index is -0.661. The van der Waals surface area contributed by atoms with E-state index in [1.165, 1.54) is 0 Å². The number of ether oxygens (including phenoxy) is 1. The zero-order valence-corrected chi connectivity index (χ0v) is 20.1. The van der Waals surface area contributed by atoms with Crippen molar-refractivity contribution in [2.75, 3.05) is 13.2 Å². The minimum Gasteiger partial charge on any atom is -0.391 e. The highest BCUT2D eigenvalue weighted by Crippen LogP contribution is 2.31. The first-order valence-corrected chi connectivity index (χ1v) is 12.7. The first-order valence-electron chi connectivity index (χ1n) is 11.8. The highest BCUT2D eigenvalue weighted by molar-refractivity contribution is 7.13. The number of aliphatic hydroxyl groups is 1. The SMILES string of the molecule is CCO[C@H]1CC[C@H](C(=O)N2C[C@H](O)C[C@H]2C(=O)NCc2ccc(-c3scnc3C)cc2)CC1. The lowest BCUT2D eigenvalue weighted by atomic mass is 9.86. The van der Waals surface area contributed by atoms with E-state index in [1.54, 1.807) is 16.2 Å². The molecule has 7 nitrogen and oxygen atoms in total. The van der Waals surface area contributed by atoms with Crippen LogP contribution in [0.15, 0.2) is 29.8 Å². The lowest BCUT2D eigenvalue weighted by molar-refractivity contribution is -0.143. The van der Waals surface area contributed by atoms with Gasteiger partial charge in [-0.3, -0.25) is 9.59 Å². The molecule has 8 heteroatoms. The van der Waals surface area contributed by atoms with Crippen LogP contribution in [0.3, 0.4) is 0 Å². The number of β-amino-alcohol motifs (C(OH)–C–C–N with tert-alkyl or cyclic N) is 1.